The maximum Gasteiger partial charge on any atom is 0.392 e. The minimum atomic E-state index is -4.07. The van der Waals surface area contributed by atoms with Crippen molar-refractivity contribution in [2.45, 2.75) is 70.2 Å². The van der Waals surface area contributed by atoms with Crippen LogP contribution in [0.4, 0.5) is 13.2 Å². The summed E-state index contributed by atoms with van der Waals surface area (Å²) in [6.07, 6.45) is -0.0471. The van der Waals surface area contributed by atoms with Gasteiger partial charge in [0.1, 0.15) is 0 Å². The summed E-state index contributed by atoms with van der Waals surface area (Å²) >= 11 is 0. The topological polar surface area (TPSA) is 21.3 Å². The number of nitrogens with one attached hydrogen (secondary N) is 1. The van der Waals surface area contributed by atoms with E-state index in [1.165, 1.54) is 0 Å². The number of alkyl halides is 3. The molecule has 1 N–H and O–H groups in total. The van der Waals surface area contributed by atoms with Gasteiger partial charge in [0.2, 0.25) is 0 Å². The van der Waals surface area contributed by atoms with E-state index >= 15 is 0 Å². The zero-order valence-corrected chi connectivity index (χ0v) is 13.0. The van der Waals surface area contributed by atoms with Crippen molar-refractivity contribution in [3.8, 4) is 0 Å². The van der Waals surface area contributed by atoms with E-state index in [-0.39, 0.29) is 24.0 Å². The van der Waals surface area contributed by atoms with Crippen molar-refractivity contribution in [2.24, 2.45) is 11.8 Å². The molecule has 0 spiro atoms. The quantitative estimate of drug-likeness (QED) is 0.795. The zero-order chi connectivity index (χ0) is 15.4. The summed E-state index contributed by atoms with van der Waals surface area (Å²) in [6.45, 7) is 3.95. The smallest absolute Gasteiger partial charge is 0.379 e. The van der Waals surface area contributed by atoms with E-state index < -0.39 is 12.1 Å². The molecule has 0 aromatic heterocycles. The molecule has 0 aliphatic heterocycles. The second-order valence-corrected chi connectivity index (χ2v) is 6.49. The highest BCUT2D eigenvalue weighted by atomic mass is 19.4. The van der Waals surface area contributed by atoms with E-state index in [0.717, 1.165) is 12.8 Å². The minimum absolute atomic E-state index is 0.0867. The largest absolute Gasteiger partial charge is 0.392 e. The van der Waals surface area contributed by atoms with E-state index in [1.54, 1.807) is 14.2 Å². The molecule has 3 atom stereocenters. The van der Waals surface area contributed by atoms with Gasteiger partial charge < -0.3 is 10.1 Å². The van der Waals surface area contributed by atoms with Gasteiger partial charge in [-0.05, 0) is 52.5 Å². The summed E-state index contributed by atoms with van der Waals surface area (Å²) in [6, 6.07) is -0.0867. The highest BCUT2D eigenvalue weighted by Gasteiger charge is 2.47. The average molecular weight is 295 g/mol. The summed E-state index contributed by atoms with van der Waals surface area (Å²) in [7, 11) is 3.42. The third-order valence-electron chi connectivity index (χ3n) is 4.74. The predicted octanol–water partition coefficient (Wildman–Crippen LogP) is 4.15. The van der Waals surface area contributed by atoms with Crippen molar-refractivity contribution in [3.63, 3.8) is 0 Å². The Kier molecular flexibility index (Phi) is 6.32. The zero-order valence-electron chi connectivity index (χ0n) is 13.0. The molecule has 1 saturated carbocycles. The number of halogens is 3. The van der Waals surface area contributed by atoms with Crippen molar-refractivity contribution in [1.82, 2.24) is 5.32 Å². The first-order valence-corrected chi connectivity index (χ1v) is 7.50. The Labute approximate surface area is 120 Å². The molecule has 0 radical (unpaired) electrons. The Hall–Kier alpha value is -0.290. The van der Waals surface area contributed by atoms with Crippen LogP contribution in [0.3, 0.4) is 0 Å². The normalized spacial score (nSPS) is 26.6. The van der Waals surface area contributed by atoms with Crippen LogP contribution in [-0.4, -0.2) is 32.0 Å². The SMILES string of the molecule is CNC(CCC(C)(C)OC)C1CCCCC1C(F)(F)F. The van der Waals surface area contributed by atoms with Crippen LogP contribution in [0, 0.1) is 11.8 Å². The second kappa shape index (κ2) is 7.12. The van der Waals surface area contributed by atoms with Gasteiger partial charge >= 0.3 is 6.18 Å². The van der Waals surface area contributed by atoms with Gasteiger partial charge in [0, 0.05) is 13.2 Å². The van der Waals surface area contributed by atoms with Gasteiger partial charge in [-0.3, -0.25) is 0 Å². The van der Waals surface area contributed by atoms with Gasteiger partial charge in [-0.1, -0.05) is 12.8 Å². The summed E-state index contributed by atoms with van der Waals surface area (Å²) in [5.74, 6) is -1.46. The van der Waals surface area contributed by atoms with Crippen molar-refractivity contribution < 1.29 is 17.9 Å². The molecule has 2 nitrogen and oxygen atoms in total. The molecule has 1 rings (SSSR count). The summed E-state index contributed by atoms with van der Waals surface area (Å²) in [4.78, 5) is 0. The van der Waals surface area contributed by atoms with Crippen LogP contribution in [0.2, 0.25) is 0 Å². The first kappa shape index (κ1) is 17.8. The molecule has 1 fully saturated rings. The minimum Gasteiger partial charge on any atom is -0.379 e. The Morgan fingerprint density at radius 2 is 1.80 bits per heavy atom. The molecular weight excluding hydrogens is 267 g/mol. The number of hydrogen-bond acceptors (Lipinski definition) is 2. The molecule has 5 heteroatoms. The lowest BCUT2D eigenvalue weighted by Gasteiger charge is -2.39. The molecule has 1 aliphatic carbocycles. The standard InChI is InChI=1S/C15H28F3NO/c1-14(2,20-4)10-9-13(19-3)11-7-5-6-8-12(11)15(16,17)18/h11-13,19H,5-10H2,1-4H3. The molecular formula is C15H28F3NO. The molecule has 120 valence electrons. The van der Waals surface area contributed by atoms with Crippen LogP contribution >= 0.6 is 0 Å². The van der Waals surface area contributed by atoms with E-state index in [1.807, 2.05) is 13.8 Å². The fraction of sp³-hybridized carbons (Fsp3) is 1.00. The Balaban J connectivity index is 2.70. The molecule has 0 saturated heterocycles. The lowest BCUT2D eigenvalue weighted by atomic mass is 9.73. The highest BCUT2D eigenvalue weighted by Crippen LogP contribution is 2.43. The Morgan fingerprint density at radius 3 is 2.30 bits per heavy atom. The molecule has 1 aliphatic rings. The first-order chi connectivity index (χ1) is 9.21. The first-order valence-electron chi connectivity index (χ1n) is 7.50. The lowest BCUT2D eigenvalue weighted by Crippen LogP contribution is -2.45. The maximum atomic E-state index is 13.2. The van der Waals surface area contributed by atoms with Crippen molar-refractivity contribution in [2.75, 3.05) is 14.2 Å². The maximum absolute atomic E-state index is 13.2. The van der Waals surface area contributed by atoms with Gasteiger partial charge in [-0.2, -0.15) is 13.2 Å². The van der Waals surface area contributed by atoms with Gasteiger partial charge in [0.05, 0.1) is 11.5 Å². The second-order valence-electron chi connectivity index (χ2n) is 6.49. The Morgan fingerprint density at radius 1 is 1.20 bits per heavy atom. The Bertz CT molecular complexity index is 291. The summed E-state index contributed by atoms with van der Waals surface area (Å²) in [5, 5.41) is 3.11. The third kappa shape index (κ3) is 4.92. The van der Waals surface area contributed by atoms with Crippen LogP contribution in [0.25, 0.3) is 0 Å². The number of rotatable bonds is 6. The molecule has 20 heavy (non-hydrogen) atoms. The van der Waals surface area contributed by atoms with Gasteiger partial charge in [-0.15, -0.1) is 0 Å². The van der Waals surface area contributed by atoms with E-state index in [0.29, 0.717) is 19.3 Å². The van der Waals surface area contributed by atoms with Gasteiger partial charge in [0.15, 0.2) is 0 Å². The average Bonchev–Trinajstić information content (AvgIpc) is 2.39. The van der Waals surface area contributed by atoms with Crippen LogP contribution in [0.15, 0.2) is 0 Å². The molecule has 3 unspecified atom stereocenters. The highest BCUT2D eigenvalue weighted by molar-refractivity contribution is 4.89. The van der Waals surface area contributed by atoms with E-state index in [9.17, 15) is 13.2 Å². The summed E-state index contributed by atoms with van der Waals surface area (Å²) < 4.78 is 44.9. The van der Waals surface area contributed by atoms with Crippen LogP contribution in [0.5, 0.6) is 0 Å². The van der Waals surface area contributed by atoms with Crippen LogP contribution < -0.4 is 5.32 Å². The molecule has 0 amide bonds. The molecule has 0 aromatic carbocycles. The molecule has 0 heterocycles. The fourth-order valence-corrected chi connectivity index (χ4v) is 3.23. The van der Waals surface area contributed by atoms with Gasteiger partial charge in [-0.25, -0.2) is 0 Å². The lowest BCUT2D eigenvalue weighted by molar-refractivity contribution is -0.199. The van der Waals surface area contributed by atoms with Crippen molar-refractivity contribution in [1.29, 1.82) is 0 Å². The third-order valence-corrected chi connectivity index (χ3v) is 4.74. The molecule has 0 aromatic rings. The number of ether oxygens (including phenoxy) is 1. The number of methoxy groups -OCH3 is 1. The predicted molar refractivity (Wildman–Crippen MR) is 74.7 cm³/mol. The van der Waals surface area contributed by atoms with Gasteiger partial charge in [0.25, 0.3) is 0 Å². The fourth-order valence-electron chi connectivity index (χ4n) is 3.23. The monoisotopic (exact) mass is 295 g/mol. The summed E-state index contributed by atoms with van der Waals surface area (Å²) in [5.41, 5.74) is -0.280. The molecule has 0 bridgehead atoms. The number of hydrogen-bond donors (Lipinski definition) is 1. The van der Waals surface area contributed by atoms with Crippen LogP contribution in [0.1, 0.15) is 52.4 Å². The van der Waals surface area contributed by atoms with Crippen LogP contribution in [-0.2, 0) is 4.74 Å². The van der Waals surface area contributed by atoms with E-state index in [2.05, 4.69) is 5.32 Å². The van der Waals surface area contributed by atoms with Crippen molar-refractivity contribution in [3.05, 3.63) is 0 Å². The van der Waals surface area contributed by atoms with E-state index in [4.69, 9.17) is 4.74 Å². The van der Waals surface area contributed by atoms with Crippen molar-refractivity contribution >= 4 is 0 Å².